The molecule has 1 atom stereocenters. The van der Waals surface area contributed by atoms with Crippen molar-refractivity contribution in [2.45, 2.75) is 57.7 Å². The maximum absolute atomic E-state index is 6.25. The van der Waals surface area contributed by atoms with Crippen molar-refractivity contribution < 1.29 is 0 Å². The quantitative estimate of drug-likeness (QED) is 0.734. The Balaban J connectivity index is 1.26. The van der Waals surface area contributed by atoms with Crippen molar-refractivity contribution in [2.24, 2.45) is 15.8 Å². The van der Waals surface area contributed by atoms with Gasteiger partial charge in [-0.3, -0.25) is 5.01 Å². The molecule has 2 aromatic rings. The Kier molecular flexibility index (Phi) is 5.98. The number of piperidine rings is 1. The van der Waals surface area contributed by atoms with Crippen LogP contribution < -0.4 is 11.2 Å². The van der Waals surface area contributed by atoms with Gasteiger partial charge in [-0.1, -0.05) is 48.5 Å². The monoisotopic (exact) mass is 430 g/mol. The molecule has 2 aliphatic heterocycles. The highest BCUT2D eigenvalue weighted by atomic mass is 15.6. The van der Waals surface area contributed by atoms with Gasteiger partial charge in [0.25, 0.3) is 0 Å². The summed E-state index contributed by atoms with van der Waals surface area (Å²) >= 11 is 0. The smallest absolute Gasteiger partial charge is 0.219 e. The topological polar surface area (TPSA) is 69.2 Å². The Bertz CT molecular complexity index is 973. The van der Waals surface area contributed by atoms with Gasteiger partial charge in [-0.15, -0.1) is 0 Å². The van der Waals surface area contributed by atoms with Gasteiger partial charge in [0.05, 0.1) is 0 Å². The first kappa shape index (κ1) is 21.2. The van der Waals surface area contributed by atoms with Crippen molar-refractivity contribution in [2.75, 3.05) is 19.6 Å². The first-order chi connectivity index (χ1) is 15.6. The van der Waals surface area contributed by atoms with E-state index in [1.54, 1.807) is 5.01 Å². The first-order valence-corrected chi connectivity index (χ1v) is 11.9. The van der Waals surface area contributed by atoms with Gasteiger partial charge >= 0.3 is 0 Å². The molecule has 32 heavy (non-hydrogen) atoms. The molecule has 2 heterocycles. The number of likely N-dealkylation sites (tertiary alicyclic amines) is 1. The molecule has 5 rings (SSSR count). The fraction of sp³-hybridized carbons (Fsp3) is 0.462. The molecule has 0 radical (unpaired) electrons. The number of hydrogen-bond acceptors (Lipinski definition) is 6. The van der Waals surface area contributed by atoms with E-state index < -0.39 is 0 Å². The summed E-state index contributed by atoms with van der Waals surface area (Å²) in [6, 6.07) is 18.5. The molecular weight excluding hydrogens is 396 g/mol. The Morgan fingerprint density at radius 2 is 1.56 bits per heavy atom. The Morgan fingerprint density at radius 1 is 0.969 bits per heavy atom. The van der Waals surface area contributed by atoms with Gasteiger partial charge in [0.2, 0.25) is 5.96 Å². The maximum atomic E-state index is 6.25. The fourth-order valence-electron chi connectivity index (χ4n) is 5.39. The van der Waals surface area contributed by atoms with E-state index in [4.69, 9.17) is 5.84 Å². The van der Waals surface area contributed by atoms with E-state index in [9.17, 15) is 0 Å². The largest absolute Gasteiger partial charge is 0.341 e. The Labute approximate surface area is 191 Å². The first-order valence-electron chi connectivity index (χ1n) is 11.9. The van der Waals surface area contributed by atoms with Crippen LogP contribution in [0.25, 0.3) is 0 Å². The zero-order valence-electron chi connectivity index (χ0n) is 19.2. The standard InChI is InChI=1S/C26H34N6/c1-18-29-19(2)32(27)26(30-18)31-15-13-22(14-16-31)28-17-25-23-9-5-3-7-20(23)11-12-21-8-4-6-10-24(21)25/h3-10,19,22,25,28H,11-17,27H2,1-2H3. The molecule has 2 aromatic carbocycles. The highest BCUT2D eigenvalue weighted by Gasteiger charge is 2.29. The summed E-state index contributed by atoms with van der Waals surface area (Å²) in [7, 11) is 0. The average molecular weight is 431 g/mol. The number of benzene rings is 2. The summed E-state index contributed by atoms with van der Waals surface area (Å²) in [5, 5.41) is 5.61. The minimum Gasteiger partial charge on any atom is -0.341 e. The van der Waals surface area contributed by atoms with Crippen LogP contribution in [0.4, 0.5) is 0 Å². The number of fused-ring (bicyclic) bond motifs is 2. The van der Waals surface area contributed by atoms with Crippen molar-refractivity contribution in [3.05, 3.63) is 70.8 Å². The summed E-state index contributed by atoms with van der Waals surface area (Å²) in [4.78, 5) is 11.4. The molecule has 0 amide bonds. The third-order valence-corrected chi connectivity index (χ3v) is 7.18. The molecule has 3 aliphatic rings. The number of guanidine groups is 1. The molecule has 6 nitrogen and oxygen atoms in total. The van der Waals surface area contributed by atoms with Crippen LogP contribution in [-0.2, 0) is 12.8 Å². The summed E-state index contributed by atoms with van der Waals surface area (Å²) < 4.78 is 0. The lowest BCUT2D eigenvalue weighted by molar-refractivity contribution is 0.228. The minimum atomic E-state index is -0.0614. The third kappa shape index (κ3) is 4.17. The Morgan fingerprint density at radius 3 is 2.19 bits per heavy atom. The fourth-order valence-corrected chi connectivity index (χ4v) is 5.39. The number of hydrazine groups is 1. The summed E-state index contributed by atoms with van der Waals surface area (Å²) in [5.41, 5.74) is 5.97. The molecule has 0 bridgehead atoms. The highest BCUT2D eigenvalue weighted by Crippen LogP contribution is 2.34. The van der Waals surface area contributed by atoms with E-state index >= 15 is 0 Å². The second kappa shape index (κ2) is 9.04. The predicted molar refractivity (Wildman–Crippen MR) is 131 cm³/mol. The lowest BCUT2D eigenvalue weighted by Crippen LogP contribution is -2.56. The van der Waals surface area contributed by atoms with Crippen molar-refractivity contribution in [1.29, 1.82) is 0 Å². The molecule has 0 saturated carbocycles. The van der Waals surface area contributed by atoms with Crippen LogP contribution in [0.3, 0.4) is 0 Å². The molecule has 1 aliphatic carbocycles. The SMILES string of the molecule is CC1=NC(C)N(N)C(N2CCC(NCC3c4ccccc4CCc4ccccc43)CC2)=N1. The third-order valence-electron chi connectivity index (χ3n) is 7.18. The molecule has 6 heteroatoms. The van der Waals surface area contributed by atoms with E-state index in [1.807, 2.05) is 13.8 Å². The van der Waals surface area contributed by atoms with E-state index in [-0.39, 0.29) is 6.17 Å². The molecule has 3 N–H and O–H groups in total. The average Bonchev–Trinajstić information content (AvgIpc) is 2.97. The number of aliphatic imine (C=N–C) groups is 2. The Hall–Kier alpha value is -2.70. The van der Waals surface area contributed by atoms with Gasteiger partial charge in [-0.25, -0.2) is 10.8 Å². The zero-order chi connectivity index (χ0) is 22.1. The number of aryl methyl sites for hydroxylation is 2. The molecule has 0 aromatic heterocycles. The van der Waals surface area contributed by atoms with Gasteiger partial charge < -0.3 is 10.2 Å². The lowest BCUT2D eigenvalue weighted by Gasteiger charge is -2.39. The van der Waals surface area contributed by atoms with Crippen LogP contribution in [0, 0.1) is 0 Å². The van der Waals surface area contributed by atoms with Gasteiger partial charge in [0.1, 0.15) is 12.0 Å². The van der Waals surface area contributed by atoms with Crippen LogP contribution in [0.5, 0.6) is 0 Å². The van der Waals surface area contributed by atoms with Crippen molar-refractivity contribution in [3.63, 3.8) is 0 Å². The minimum absolute atomic E-state index is 0.0614. The van der Waals surface area contributed by atoms with Gasteiger partial charge in [-0.2, -0.15) is 4.99 Å². The molecule has 1 fully saturated rings. The van der Waals surface area contributed by atoms with E-state index in [1.165, 1.54) is 22.3 Å². The van der Waals surface area contributed by atoms with Gasteiger partial charge in [0, 0.05) is 31.6 Å². The number of hydrogen-bond donors (Lipinski definition) is 2. The van der Waals surface area contributed by atoms with E-state index in [0.29, 0.717) is 12.0 Å². The van der Waals surface area contributed by atoms with Crippen molar-refractivity contribution >= 4 is 11.8 Å². The number of amidine groups is 1. The van der Waals surface area contributed by atoms with Gasteiger partial charge in [0.15, 0.2) is 0 Å². The maximum Gasteiger partial charge on any atom is 0.219 e. The highest BCUT2D eigenvalue weighted by molar-refractivity contribution is 5.96. The molecule has 168 valence electrons. The van der Waals surface area contributed by atoms with Crippen LogP contribution in [0.1, 0.15) is 54.9 Å². The molecule has 0 spiro atoms. The van der Waals surface area contributed by atoms with Crippen LogP contribution in [0.2, 0.25) is 0 Å². The number of nitrogens with zero attached hydrogens (tertiary/aromatic N) is 4. The summed E-state index contributed by atoms with van der Waals surface area (Å²) in [5.74, 6) is 8.32. The van der Waals surface area contributed by atoms with Crippen molar-refractivity contribution in [1.82, 2.24) is 15.2 Å². The second-order valence-electron chi connectivity index (χ2n) is 9.25. The summed E-state index contributed by atoms with van der Waals surface area (Å²) in [6.07, 6.45) is 4.37. The molecule has 1 saturated heterocycles. The summed E-state index contributed by atoms with van der Waals surface area (Å²) in [6.45, 7) is 6.85. The van der Waals surface area contributed by atoms with E-state index in [0.717, 1.165) is 57.1 Å². The van der Waals surface area contributed by atoms with Crippen molar-refractivity contribution in [3.8, 4) is 0 Å². The lowest BCUT2D eigenvalue weighted by atomic mass is 9.87. The number of nitrogens with one attached hydrogen (secondary N) is 1. The molecular formula is C26H34N6. The van der Waals surface area contributed by atoms with Crippen LogP contribution in [-0.4, -0.2) is 53.5 Å². The van der Waals surface area contributed by atoms with Crippen LogP contribution in [0.15, 0.2) is 58.5 Å². The zero-order valence-corrected chi connectivity index (χ0v) is 19.2. The predicted octanol–water partition coefficient (Wildman–Crippen LogP) is 3.28. The van der Waals surface area contributed by atoms with Gasteiger partial charge in [-0.05, 0) is 61.8 Å². The van der Waals surface area contributed by atoms with E-state index in [2.05, 4.69) is 68.7 Å². The molecule has 1 unspecified atom stereocenters. The second-order valence-corrected chi connectivity index (χ2v) is 9.25. The number of nitrogens with two attached hydrogens (primary N) is 1. The normalized spacial score (nSPS) is 22.0. The van der Waals surface area contributed by atoms with Crippen LogP contribution >= 0.6 is 0 Å². The number of rotatable bonds is 3.